The van der Waals surface area contributed by atoms with Crippen molar-refractivity contribution >= 4 is 16.8 Å². The number of fused-ring (bicyclic) bond motifs is 1. The first-order valence-corrected chi connectivity index (χ1v) is 7.96. The van der Waals surface area contributed by atoms with Gasteiger partial charge in [-0.05, 0) is 49.8 Å². The molecule has 0 aliphatic carbocycles. The third-order valence-electron chi connectivity index (χ3n) is 4.98. The largest absolute Gasteiger partial charge is 0.393 e. The first kappa shape index (κ1) is 15.1. The predicted molar refractivity (Wildman–Crippen MR) is 88.2 cm³/mol. The fraction of sp³-hybridized carbons (Fsp3) is 0.500. The molecule has 4 nitrogen and oxygen atoms in total. The van der Waals surface area contributed by atoms with E-state index >= 15 is 0 Å². The predicted octanol–water partition coefficient (Wildman–Crippen LogP) is 2.94. The third-order valence-corrected chi connectivity index (χ3v) is 4.98. The Morgan fingerprint density at radius 1 is 1.27 bits per heavy atom. The number of hydrogen-bond acceptors (Lipinski definition) is 2. The van der Waals surface area contributed by atoms with Crippen molar-refractivity contribution in [2.45, 2.75) is 40.2 Å². The maximum Gasteiger partial charge on any atom is 0.270 e. The maximum atomic E-state index is 12.9. The molecule has 0 bridgehead atoms. The Morgan fingerprint density at radius 3 is 2.59 bits per heavy atom. The summed E-state index contributed by atoms with van der Waals surface area (Å²) in [5, 5.41) is 11.0. The molecule has 0 spiro atoms. The van der Waals surface area contributed by atoms with Gasteiger partial charge in [-0.3, -0.25) is 4.79 Å². The number of aliphatic hydroxyl groups excluding tert-OH is 1. The zero-order valence-corrected chi connectivity index (χ0v) is 13.7. The smallest absolute Gasteiger partial charge is 0.270 e. The number of aryl methyl sites for hydroxylation is 3. The molecule has 1 saturated heterocycles. The molecule has 1 aliphatic heterocycles. The lowest BCUT2D eigenvalue weighted by Crippen LogP contribution is -2.45. The molecule has 22 heavy (non-hydrogen) atoms. The molecule has 1 fully saturated rings. The number of amides is 1. The Labute approximate surface area is 131 Å². The number of aromatic nitrogens is 1. The van der Waals surface area contributed by atoms with E-state index in [1.807, 2.05) is 18.7 Å². The Morgan fingerprint density at radius 2 is 1.95 bits per heavy atom. The standard InChI is InChI=1S/C18H24N2O2/c1-10-5-6-11(2)16-15(10)13(4)17(19-16)18(22)20-8-7-14(21)12(3)9-20/h5-6,12,14,19,21H,7-9H2,1-4H3/t12-,14+/m1/s1. The van der Waals surface area contributed by atoms with E-state index < -0.39 is 0 Å². The van der Waals surface area contributed by atoms with E-state index in [2.05, 4.69) is 31.0 Å². The van der Waals surface area contributed by atoms with E-state index in [9.17, 15) is 9.90 Å². The van der Waals surface area contributed by atoms with Gasteiger partial charge in [0, 0.05) is 24.0 Å². The third kappa shape index (κ3) is 2.31. The van der Waals surface area contributed by atoms with Crippen LogP contribution >= 0.6 is 0 Å². The van der Waals surface area contributed by atoms with Crippen LogP contribution in [0.2, 0.25) is 0 Å². The lowest BCUT2D eigenvalue weighted by molar-refractivity contribution is 0.0294. The number of H-pyrrole nitrogens is 1. The van der Waals surface area contributed by atoms with Crippen molar-refractivity contribution < 1.29 is 9.90 Å². The summed E-state index contributed by atoms with van der Waals surface area (Å²) < 4.78 is 0. The summed E-state index contributed by atoms with van der Waals surface area (Å²) in [7, 11) is 0. The van der Waals surface area contributed by atoms with Gasteiger partial charge in [-0.15, -0.1) is 0 Å². The van der Waals surface area contributed by atoms with Gasteiger partial charge in [0.25, 0.3) is 5.91 Å². The van der Waals surface area contributed by atoms with Crippen LogP contribution in [0, 0.1) is 26.7 Å². The summed E-state index contributed by atoms with van der Waals surface area (Å²) in [5.74, 6) is 0.178. The quantitative estimate of drug-likeness (QED) is 0.851. The van der Waals surface area contributed by atoms with Crippen molar-refractivity contribution in [1.29, 1.82) is 0 Å². The van der Waals surface area contributed by atoms with Crippen LogP contribution in [0.15, 0.2) is 12.1 Å². The first-order chi connectivity index (χ1) is 10.4. The number of benzene rings is 1. The summed E-state index contributed by atoms with van der Waals surface area (Å²) in [6.07, 6.45) is 0.363. The fourth-order valence-electron chi connectivity index (χ4n) is 3.49. The zero-order valence-electron chi connectivity index (χ0n) is 13.7. The summed E-state index contributed by atoms with van der Waals surface area (Å²) in [6.45, 7) is 9.39. The minimum Gasteiger partial charge on any atom is -0.393 e. The SMILES string of the molecule is Cc1ccc(C)c2c(C)c(C(=O)N3CC[C@H](O)[C@H](C)C3)[nH]c12. The monoisotopic (exact) mass is 300 g/mol. The van der Waals surface area contributed by atoms with Crippen molar-refractivity contribution in [3.63, 3.8) is 0 Å². The molecule has 1 aliphatic rings. The second-order valence-electron chi connectivity index (χ2n) is 6.66. The zero-order chi connectivity index (χ0) is 16.0. The Hall–Kier alpha value is -1.81. The lowest BCUT2D eigenvalue weighted by atomic mass is 9.96. The molecule has 0 saturated carbocycles. The number of aromatic amines is 1. The highest BCUT2D eigenvalue weighted by molar-refractivity contribution is 6.02. The summed E-state index contributed by atoms with van der Waals surface area (Å²) in [5.41, 5.74) is 5.13. The Bertz CT molecular complexity index is 732. The molecule has 2 aromatic rings. The fourth-order valence-corrected chi connectivity index (χ4v) is 3.49. The number of rotatable bonds is 1. The van der Waals surface area contributed by atoms with Gasteiger partial charge in [0.1, 0.15) is 5.69 Å². The minimum absolute atomic E-state index is 0.0475. The van der Waals surface area contributed by atoms with E-state index in [0.717, 1.165) is 22.0 Å². The average molecular weight is 300 g/mol. The number of nitrogens with zero attached hydrogens (tertiary/aromatic N) is 1. The number of nitrogens with one attached hydrogen (secondary N) is 1. The Balaban J connectivity index is 2.00. The normalized spacial score (nSPS) is 22.3. The van der Waals surface area contributed by atoms with Crippen LogP contribution in [0.4, 0.5) is 0 Å². The Kier molecular flexibility index (Phi) is 3.73. The van der Waals surface area contributed by atoms with E-state index in [1.165, 1.54) is 5.56 Å². The lowest BCUT2D eigenvalue weighted by Gasteiger charge is -2.34. The number of hydrogen-bond donors (Lipinski definition) is 2. The molecular weight excluding hydrogens is 276 g/mol. The highest BCUT2D eigenvalue weighted by Crippen LogP contribution is 2.29. The van der Waals surface area contributed by atoms with Crippen LogP contribution in [-0.2, 0) is 0 Å². The van der Waals surface area contributed by atoms with Gasteiger partial charge in [-0.25, -0.2) is 0 Å². The molecule has 118 valence electrons. The van der Waals surface area contributed by atoms with Gasteiger partial charge in [0.05, 0.1) is 6.10 Å². The number of likely N-dealkylation sites (tertiary alicyclic amines) is 1. The second-order valence-corrected chi connectivity index (χ2v) is 6.66. The van der Waals surface area contributed by atoms with E-state index in [-0.39, 0.29) is 17.9 Å². The van der Waals surface area contributed by atoms with Crippen LogP contribution in [0.3, 0.4) is 0 Å². The highest BCUT2D eigenvalue weighted by Gasteiger charge is 2.29. The van der Waals surface area contributed by atoms with Gasteiger partial charge >= 0.3 is 0 Å². The van der Waals surface area contributed by atoms with Crippen LogP contribution in [-0.4, -0.2) is 40.1 Å². The molecule has 1 aromatic carbocycles. The molecule has 1 amide bonds. The van der Waals surface area contributed by atoms with Gasteiger partial charge in [-0.2, -0.15) is 0 Å². The molecule has 1 aromatic heterocycles. The van der Waals surface area contributed by atoms with Gasteiger partial charge < -0.3 is 15.0 Å². The average Bonchev–Trinajstić information content (AvgIpc) is 2.84. The van der Waals surface area contributed by atoms with Crippen molar-refractivity contribution in [2.75, 3.05) is 13.1 Å². The molecule has 3 rings (SSSR count). The molecule has 0 radical (unpaired) electrons. The number of carbonyl (C=O) groups excluding carboxylic acids is 1. The number of piperidine rings is 1. The maximum absolute atomic E-state index is 12.9. The summed E-state index contributed by atoms with van der Waals surface area (Å²) in [4.78, 5) is 18.1. The van der Waals surface area contributed by atoms with Gasteiger partial charge in [0.2, 0.25) is 0 Å². The van der Waals surface area contributed by atoms with Crippen molar-refractivity contribution in [3.8, 4) is 0 Å². The first-order valence-electron chi connectivity index (χ1n) is 7.96. The van der Waals surface area contributed by atoms with E-state index in [4.69, 9.17) is 0 Å². The van der Waals surface area contributed by atoms with E-state index in [1.54, 1.807) is 0 Å². The van der Waals surface area contributed by atoms with Crippen LogP contribution in [0.1, 0.15) is 40.5 Å². The number of aliphatic hydroxyl groups is 1. The highest BCUT2D eigenvalue weighted by atomic mass is 16.3. The molecule has 2 atom stereocenters. The number of carbonyl (C=O) groups is 1. The molecule has 0 unspecified atom stereocenters. The summed E-state index contributed by atoms with van der Waals surface area (Å²) in [6, 6.07) is 4.19. The second kappa shape index (κ2) is 5.43. The minimum atomic E-state index is -0.294. The van der Waals surface area contributed by atoms with Gasteiger partial charge in [0.15, 0.2) is 0 Å². The molecular formula is C18H24N2O2. The molecule has 4 heteroatoms. The molecule has 2 N–H and O–H groups in total. The van der Waals surface area contributed by atoms with Crippen molar-refractivity contribution in [3.05, 3.63) is 34.5 Å². The van der Waals surface area contributed by atoms with Crippen LogP contribution in [0.5, 0.6) is 0 Å². The van der Waals surface area contributed by atoms with Crippen molar-refractivity contribution in [2.24, 2.45) is 5.92 Å². The topological polar surface area (TPSA) is 56.3 Å². The van der Waals surface area contributed by atoms with E-state index in [0.29, 0.717) is 25.2 Å². The summed E-state index contributed by atoms with van der Waals surface area (Å²) >= 11 is 0. The molecule has 2 heterocycles. The van der Waals surface area contributed by atoms with Crippen molar-refractivity contribution in [1.82, 2.24) is 9.88 Å². The van der Waals surface area contributed by atoms with Gasteiger partial charge in [-0.1, -0.05) is 19.1 Å². The van der Waals surface area contributed by atoms with Crippen LogP contribution in [0.25, 0.3) is 10.9 Å². The van der Waals surface area contributed by atoms with Crippen LogP contribution < -0.4 is 0 Å².